The van der Waals surface area contributed by atoms with E-state index in [1.807, 2.05) is 18.0 Å². The van der Waals surface area contributed by atoms with Crippen LogP contribution in [0, 0.1) is 0 Å². The second kappa shape index (κ2) is 7.50. The molecule has 0 unspecified atom stereocenters. The van der Waals surface area contributed by atoms with E-state index in [-0.39, 0.29) is 5.91 Å². The molecule has 5 heteroatoms. The maximum Gasteiger partial charge on any atom is 0.241 e. The number of rotatable bonds is 6. The molecule has 0 fully saturated rings. The monoisotopic (exact) mass is 327 g/mol. The number of hydrogen-bond donors (Lipinski definition) is 1. The van der Waals surface area contributed by atoms with Crippen molar-refractivity contribution in [3.8, 4) is 0 Å². The zero-order valence-corrected chi connectivity index (χ0v) is 13.6. The fraction of sp³-hybridized carbons (Fsp3) is 0.500. The number of amides is 1. The molecule has 1 aromatic rings. The maximum atomic E-state index is 11.7. The van der Waals surface area contributed by atoms with Crippen LogP contribution in [0.4, 0.5) is 5.69 Å². The van der Waals surface area contributed by atoms with E-state index >= 15 is 0 Å². The number of hydrogen-bond acceptors (Lipinski definition) is 3. The quantitative estimate of drug-likeness (QED) is 0.869. The van der Waals surface area contributed by atoms with Gasteiger partial charge >= 0.3 is 0 Å². The molecule has 0 aliphatic carbocycles. The molecule has 0 saturated carbocycles. The minimum absolute atomic E-state index is 0.0890. The standard InChI is InChI=1S/C14H22BrN3O/c1-5-16-9-11-6-7-13(12(15)8-11)18(4)10-14(19)17(2)3/h6-8,16H,5,9-10H2,1-4H3. The van der Waals surface area contributed by atoms with Crippen LogP contribution < -0.4 is 10.2 Å². The van der Waals surface area contributed by atoms with Crippen molar-refractivity contribution >= 4 is 27.5 Å². The average Bonchev–Trinajstić information content (AvgIpc) is 2.35. The SMILES string of the molecule is CCNCc1ccc(N(C)CC(=O)N(C)C)c(Br)c1. The Morgan fingerprint density at radius 2 is 2.00 bits per heavy atom. The predicted octanol–water partition coefficient (Wildman–Crippen LogP) is 2.08. The molecule has 1 aromatic carbocycles. The van der Waals surface area contributed by atoms with E-state index in [0.717, 1.165) is 23.2 Å². The highest BCUT2D eigenvalue weighted by molar-refractivity contribution is 9.10. The Morgan fingerprint density at radius 3 is 2.53 bits per heavy atom. The van der Waals surface area contributed by atoms with Crippen molar-refractivity contribution in [3.05, 3.63) is 28.2 Å². The molecule has 1 rings (SSSR count). The van der Waals surface area contributed by atoms with Crippen molar-refractivity contribution in [3.63, 3.8) is 0 Å². The van der Waals surface area contributed by atoms with Crippen LogP contribution in [0.5, 0.6) is 0 Å². The number of carbonyl (C=O) groups excluding carboxylic acids is 1. The number of benzene rings is 1. The third kappa shape index (κ3) is 4.84. The van der Waals surface area contributed by atoms with Crippen LogP contribution >= 0.6 is 15.9 Å². The fourth-order valence-corrected chi connectivity index (χ4v) is 2.40. The molecular weight excluding hydrogens is 306 g/mol. The van der Waals surface area contributed by atoms with Gasteiger partial charge in [-0.3, -0.25) is 4.79 Å². The summed E-state index contributed by atoms with van der Waals surface area (Å²) in [6.45, 7) is 4.27. The average molecular weight is 328 g/mol. The highest BCUT2D eigenvalue weighted by Gasteiger charge is 2.11. The van der Waals surface area contributed by atoms with E-state index in [1.54, 1.807) is 19.0 Å². The summed E-state index contributed by atoms with van der Waals surface area (Å²) in [6.07, 6.45) is 0. The second-order valence-electron chi connectivity index (χ2n) is 4.71. The maximum absolute atomic E-state index is 11.7. The Morgan fingerprint density at radius 1 is 1.32 bits per heavy atom. The minimum Gasteiger partial charge on any atom is -0.364 e. The number of nitrogens with zero attached hydrogens (tertiary/aromatic N) is 2. The van der Waals surface area contributed by atoms with E-state index in [0.29, 0.717) is 6.54 Å². The number of carbonyl (C=O) groups is 1. The summed E-state index contributed by atoms with van der Waals surface area (Å²) in [4.78, 5) is 15.3. The van der Waals surface area contributed by atoms with Crippen LogP contribution in [0.3, 0.4) is 0 Å². The first kappa shape index (κ1) is 16.0. The fourth-order valence-electron chi connectivity index (χ4n) is 1.67. The molecule has 0 aliphatic heterocycles. The van der Waals surface area contributed by atoms with Crippen molar-refractivity contribution in [2.24, 2.45) is 0 Å². The smallest absolute Gasteiger partial charge is 0.241 e. The molecule has 4 nitrogen and oxygen atoms in total. The zero-order valence-electron chi connectivity index (χ0n) is 12.0. The number of nitrogens with one attached hydrogen (secondary N) is 1. The van der Waals surface area contributed by atoms with Crippen LogP contribution in [0.15, 0.2) is 22.7 Å². The van der Waals surface area contributed by atoms with Crippen molar-refractivity contribution in [2.75, 3.05) is 39.1 Å². The van der Waals surface area contributed by atoms with Gasteiger partial charge in [0, 0.05) is 32.2 Å². The molecule has 0 heterocycles. The highest BCUT2D eigenvalue weighted by atomic mass is 79.9. The molecule has 106 valence electrons. The molecule has 0 radical (unpaired) electrons. The molecule has 0 saturated heterocycles. The van der Waals surface area contributed by atoms with Gasteiger partial charge in [-0.1, -0.05) is 13.0 Å². The lowest BCUT2D eigenvalue weighted by Gasteiger charge is -2.22. The summed E-state index contributed by atoms with van der Waals surface area (Å²) in [5, 5.41) is 3.29. The van der Waals surface area contributed by atoms with Gasteiger partial charge in [0.25, 0.3) is 0 Å². The first-order valence-electron chi connectivity index (χ1n) is 6.36. The molecule has 0 spiro atoms. The molecule has 0 aromatic heterocycles. The first-order valence-corrected chi connectivity index (χ1v) is 7.15. The summed E-state index contributed by atoms with van der Waals surface area (Å²) >= 11 is 3.57. The van der Waals surface area contributed by atoms with Crippen LogP contribution in [0.1, 0.15) is 12.5 Å². The normalized spacial score (nSPS) is 10.4. The topological polar surface area (TPSA) is 35.6 Å². The van der Waals surface area contributed by atoms with Gasteiger partial charge in [0.15, 0.2) is 0 Å². The van der Waals surface area contributed by atoms with Crippen LogP contribution in [0.25, 0.3) is 0 Å². The van der Waals surface area contributed by atoms with Crippen molar-refractivity contribution in [2.45, 2.75) is 13.5 Å². The molecule has 1 amide bonds. The van der Waals surface area contributed by atoms with Gasteiger partial charge in [-0.05, 0) is 40.2 Å². The van der Waals surface area contributed by atoms with Gasteiger partial charge in [0.2, 0.25) is 5.91 Å². The van der Waals surface area contributed by atoms with Crippen molar-refractivity contribution in [1.29, 1.82) is 0 Å². The van der Waals surface area contributed by atoms with Crippen molar-refractivity contribution in [1.82, 2.24) is 10.2 Å². The predicted molar refractivity (Wildman–Crippen MR) is 83.5 cm³/mol. The van der Waals surface area contributed by atoms with Gasteiger partial charge in [0.1, 0.15) is 0 Å². The number of likely N-dealkylation sites (N-methyl/N-ethyl adjacent to an activating group) is 2. The van der Waals surface area contributed by atoms with Gasteiger partial charge in [-0.25, -0.2) is 0 Å². The van der Waals surface area contributed by atoms with Crippen LogP contribution in [-0.4, -0.2) is 45.0 Å². The summed E-state index contributed by atoms with van der Waals surface area (Å²) in [7, 11) is 5.46. The molecular formula is C14H22BrN3O. The van der Waals surface area contributed by atoms with Crippen LogP contribution in [-0.2, 0) is 11.3 Å². The Balaban J connectivity index is 2.75. The molecule has 0 aliphatic rings. The summed E-state index contributed by atoms with van der Waals surface area (Å²) in [5.41, 5.74) is 2.25. The first-order chi connectivity index (χ1) is 8.95. The Bertz CT molecular complexity index is 435. The summed E-state index contributed by atoms with van der Waals surface area (Å²) in [5.74, 6) is 0.0890. The summed E-state index contributed by atoms with van der Waals surface area (Å²) in [6, 6.07) is 6.22. The van der Waals surface area contributed by atoms with Gasteiger partial charge in [-0.2, -0.15) is 0 Å². The van der Waals surface area contributed by atoms with Gasteiger partial charge < -0.3 is 15.1 Å². The van der Waals surface area contributed by atoms with Gasteiger partial charge in [-0.15, -0.1) is 0 Å². The molecule has 1 N–H and O–H groups in total. The summed E-state index contributed by atoms with van der Waals surface area (Å²) < 4.78 is 1.01. The van der Waals surface area contributed by atoms with Gasteiger partial charge in [0.05, 0.1) is 12.2 Å². The number of anilines is 1. The third-order valence-corrected chi connectivity index (χ3v) is 3.51. The van der Waals surface area contributed by atoms with E-state index in [4.69, 9.17) is 0 Å². The second-order valence-corrected chi connectivity index (χ2v) is 5.56. The highest BCUT2D eigenvalue weighted by Crippen LogP contribution is 2.26. The van der Waals surface area contributed by atoms with E-state index in [9.17, 15) is 4.79 Å². The largest absolute Gasteiger partial charge is 0.364 e. The number of halogens is 1. The van der Waals surface area contributed by atoms with Crippen LogP contribution in [0.2, 0.25) is 0 Å². The minimum atomic E-state index is 0.0890. The lowest BCUT2D eigenvalue weighted by atomic mass is 10.2. The third-order valence-electron chi connectivity index (χ3n) is 2.87. The Kier molecular flexibility index (Phi) is 6.31. The molecule has 0 bridgehead atoms. The van der Waals surface area contributed by atoms with E-state index in [2.05, 4.69) is 40.3 Å². The Labute approximate surface area is 123 Å². The molecule has 19 heavy (non-hydrogen) atoms. The molecule has 0 atom stereocenters. The van der Waals surface area contributed by atoms with E-state index in [1.165, 1.54) is 5.56 Å². The van der Waals surface area contributed by atoms with E-state index < -0.39 is 0 Å². The van der Waals surface area contributed by atoms with Crippen molar-refractivity contribution < 1.29 is 4.79 Å². The zero-order chi connectivity index (χ0) is 14.4. The Hall–Kier alpha value is -1.07. The lowest BCUT2D eigenvalue weighted by molar-refractivity contribution is -0.127. The lowest BCUT2D eigenvalue weighted by Crippen LogP contribution is -2.34.